The van der Waals surface area contributed by atoms with E-state index in [9.17, 15) is 9.59 Å². The van der Waals surface area contributed by atoms with E-state index in [0.717, 1.165) is 25.7 Å². The van der Waals surface area contributed by atoms with Gasteiger partial charge in [0, 0.05) is 6.42 Å². The number of unbranched alkanes of at least 4 members (excludes halogenated alkanes) is 23. The molecule has 0 aliphatic carbocycles. The average Bonchev–Trinajstić information content (AvgIpc) is 2.92. The Balaban J connectivity index is 0. The molecule has 258 valence electrons. The highest BCUT2D eigenvalue weighted by atomic mass is 35.5. The molecule has 0 aromatic rings. The van der Waals surface area contributed by atoms with E-state index < -0.39 is 6.10 Å². The number of likely N-dealkylation sites (N-methyl/N-ethyl adjacent to an activating group) is 1. The molecule has 0 fully saturated rings. The van der Waals surface area contributed by atoms with Gasteiger partial charge in [0.15, 0.2) is 6.10 Å². The maximum absolute atomic E-state index is 12.5. The molecule has 0 radical (unpaired) electrons. The van der Waals surface area contributed by atoms with Crippen LogP contribution in [0.3, 0.4) is 0 Å². The highest BCUT2D eigenvalue weighted by Crippen LogP contribution is 2.15. The van der Waals surface area contributed by atoms with Gasteiger partial charge in [0.1, 0.15) is 6.54 Å². The zero-order chi connectivity index (χ0) is 31.2. The molecule has 0 aromatic carbocycles. The van der Waals surface area contributed by atoms with Crippen LogP contribution in [0.4, 0.5) is 0 Å². The Morgan fingerprint density at radius 2 is 0.860 bits per heavy atom. The molecule has 0 aromatic heterocycles. The van der Waals surface area contributed by atoms with Crippen molar-refractivity contribution in [3.63, 3.8) is 0 Å². The maximum Gasteiger partial charge on any atom is 0.309 e. The predicted octanol–water partition coefficient (Wildman–Crippen LogP) is 7.72. The largest absolute Gasteiger partial charge is 1.00 e. The van der Waals surface area contributed by atoms with Crippen molar-refractivity contribution in [2.45, 2.75) is 193 Å². The van der Waals surface area contributed by atoms with E-state index in [2.05, 4.69) is 35.0 Å². The molecule has 0 spiro atoms. The number of hydrogen-bond acceptors (Lipinski definition) is 4. The summed E-state index contributed by atoms with van der Waals surface area (Å²) in [7, 11) is 6.18. The standard InChI is InChI=1S/C37H74NO4.ClH/c1-6-8-10-12-14-16-18-20-21-23-25-27-29-31-36(39)42-35(34-38(3,4)5)33-37(40)41-32-30-28-26-24-22-19-17-15-13-11-9-7-2;/h35H,6-34H2,1-5H3;1H/q+1;/p-1. The van der Waals surface area contributed by atoms with Gasteiger partial charge in [0.25, 0.3) is 0 Å². The molecular weight excluding hydrogens is 558 g/mol. The van der Waals surface area contributed by atoms with Crippen LogP contribution in [0.5, 0.6) is 0 Å². The Labute approximate surface area is 275 Å². The first-order valence-electron chi connectivity index (χ1n) is 18.4. The maximum atomic E-state index is 12.5. The summed E-state index contributed by atoms with van der Waals surface area (Å²) in [5.74, 6) is -0.421. The van der Waals surface area contributed by atoms with Crippen molar-refractivity contribution in [3.8, 4) is 0 Å². The molecule has 0 amide bonds. The van der Waals surface area contributed by atoms with Gasteiger partial charge < -0.3 is 26.4 Å². The second kappa shape index (κ2) is 32.6. The fourth-order valence-electron chi connectivity index (χ4n) is 5.66. The Morgan fingerprint density at radius 3 is 1.23 bits per heavy atom. The molecule has 1 unspecified atom stereocenters. The molecule has 0 saturated heterocycles. The molecule has 0 rings (SSSR count). The summed E-state index contributed by atoms with van der Waals surface area (Å²) in [6.45, 7) is 5.62. The van der Waals surface area contributed by atoms with Crippen LogP contribution < -0.4 is 12.4 Å². The number of rotatable bonds is 32. The van der Waals surface area contributed by atoms with Crippen LogP contribution in [-0.4, -0.2) is 56.8 Å². The third-order valence-electron chi connectivity index (χ3n) is 8.19. The molecule has 43 heavy (non-hydrogen) atoms. The lowest BCUT2D eigenvalue weighted by molar-refractivity contribution is -0.873. The molecule has 6 heteroatoms. The van der Waals surface area contributed by atoms with E-state index in [1.54, 1.807) is 0 Å². The van der Waals surface area contributed by atoms with Gasteiger partial charge in [-0.05, 0) is 12.8 Å². The number of ether oxygens (including phenoxy) is 2. The fourth-order valence-corrected chi connectivity index (χ4v) is 5.66. The van der Waals surface area contributed by atoms with Crippen molar-refractivity contribution in [1.29, 1.82) is 0 Å². The molecule has 5 nitrogen and oxygen atoms in total. The van der Waals surface area contributed by atoms with E-state index in [0.29, 0.717) is 24.1 Å². The third-order valence-corrected chi connectivity index (χ3v) is 8.19. The lowest BCUT2D eigenvalue weighted by atomic mass is 10.0. The zero-order valence-electron chi connectivity index (χ0n) is 29.5. The zero-order valence-corrected chi connectivity index (χ0v) is 30.3. The van der Waals surface area contributed by atoms with E-state index in [1.807, 2.05) is 0 Å². The van der Waals surface area contributed by atoms with Gasteiger partial charge in [-0.25, -0.2) is 0 Å². The number of halogens is 1. The lowest BCUT2D eigenvalue weighted by Crippen LogP contribution is -3.00. The van der Waals surface area contributed by atoms with Crippen LogP contribution in [0, 0.1) is 0 Å². The van der Waals surface area contributed by atoms with Gasteiger partial charge in [0.05, 0.1) is 34.2 Å². The third kappa shape index (κ3) is 35.5. The Hall–Kier alpha value is -0.810. The Morgan fingerprint density at radius 1 is 0.512 bits per heavy atom. The highest BCUT2D eigenvalue weighted by Gasteiger charge is 2.25. The van der Waals surface area contributed by atoms with E-state index in [4.69, 9.17) is 9.47 Å². The minimum Gasteiger partial charge on any atom is -1.00 e. The van der Waals surface area contributed by atoms with E-state index in [-0.39, 0.29) is 30.8 Å². The monoisotopic (exact) mass is 632 g/mol. The van der Waals surface area contributed by atoms with E-state index >= 15 is 0 Å². The van der Waals surface area contributed by atoms with Crippen LogP contribution in [0.1, 0.15) is 187 Å². The summed E-state index contributed by atoms with van der Waals surface area (Å²) in [5, 5.41) is 0. The SMILES string of the molecule is CCCCCCCCCCCCCCCC(=O)OC(CC(=O)OCCCCCCCCCCCCCC)C[N+](C)(C)C.[Cl-]. The minimum absolute atomic E-state index is 0. The summed E-state index contributed by atoms with van der Waals surface area (Å²) >= 11 is 0. The van der Waals surface area contributed by atoms with Crippen molar-refractivity contribution in [1.82, 2.24) is 0 Å². The number of hydrogen-bond donors (Lipinski definition) is 0. The number of carbonyl (C=O) groups is 2. The van der Waals surface area contributed by atoms with Gasteiger partial charge >= 0.3 is 11.9 Å². The smallest absolute Gasteiger partial charge is 0.309 e. The van der Waals surface area contributed by atoms with Crippen molar-refractivity contribution in [2.75, 3.05) is 34.3 Å². The van der Waals surface area contributed by atoms with Crippen molar-refractivity contribution in [2.24, 2.45) is 0 Å². The van der Waals surface area contributed by atoms with Crippen LogP contribution in [0.2, 0.25) is 0 Å². The summed E-state index contributed by atoms with van der Waals surface area (Å²) in [5.41, 5.74) is 0. The predicted molar refractivity (Wildman–Crippen MR) is 180 cm³/mol. The van der Waals surface area contributed by atoms with Crippen molar-refractivity contribution >= 4 is 11.9 Å². The Bertz CT molecular complexity index is 564. The first kappa shape index (κ1) is 44.3. The molecule has 0 saturated carbocycles. The van der Waals surface area contributed by atoms with Gasteiger partial charge in [0.2, 0.25) is 0 Å². The highest BCUT2D eigenvalue weighted by molar-refractivity contribution is 5.72. The van der Waals surface area contributed by atoms with Gasteiger partial charge in [-0.1, -0.05) is 162 Å². The topological polar surface area (TPSA) is 52.6 Å². The van der Waals surface area contributed by atoms with Gasteiger partial charge in [-0.2, -0.15) is 0 Å². The summed E-state index contributed by atoms with van der Waals surface area (Å²) in [6.07, 6.45) is 32.4. The van der Waals surface area contributed by atoms with Gasteiger partial charge in [-0.3, -0.25) is 9.59 Å². The molecule has 1 atom stereocenters. The van der Waals surface area contributed by atoms with Crippen LogP contribution >= 0.6 is 0 Å². The number of carbonyl (C=O) groups excluding carboxylic acids is 2. The quantitative estimate of drug-likeness (QED) is 0.0433. The summed E-state index contributed by atoms with van der Waals surface area (Å²) in [6, 6.07) is 0. The molecule has 0 aliphatic rings. The number of esters is 2. The molecule has 0 heterocycles. The molecule has 0 aliphatic heterocycles. The minimum atomic E-state index is -0.422. The summed E-state index contributed by atoms with van der Waals surface area (Å²) in [4.78, 5) is 25.0. The average molecular weight is 632 g/mol. The number of quaternary nitrogens is 1. The van der Waals surface area contributed by atoms with Gasteiger partial charge in [-0.15, -0.1) is 0 Å². The number of nitrogens with zero attached hydrogens (tertiary/aromatic N) is 1. The van der Waals surface area contributed by atoms with Crippen LogP contribution in [-0.2, 0) is 19.1 Å². The van der Waals surface area contributed by atoms with Crippen molar-refractivity contribution < 1.29 is 36.0 Å². The van der Waals surface area contributed by atoms with Crippen LogP contribution in [0.15, 0.2) is 0 Å². The summed E-state index contributed by atoms with van der Waals surface area (Å²) < 4.78 is 11.9. The van der Waals surface area contributed by atoms with Crippen molar-refractivity contribution in [3.05, 3.63) is 0 Å². The second-order valence-corrected chi connectivity index (χ2v) is 13.9. The molecule has 0 bridgehead atoms. The van der Waals surface area contributed by atoms with Crippen LogP contribution in [0.25, 0.3) is 0 Å². The molecular formula is C37H74ClNO4. The second-order valence-electron chi connectivity index (χ2n) is 13.9. The Kier molecular flexibility index (Phi) is 33.6. The first-order valence-corrected chi connectivity index (χ1v) is 18.4. The lowest BCUT2D eigenvalue weighted by Gasteiger charge is -2.28. The van der Waals surface area contributed by atoms with E-state index in [1.165, 1.54) is 135 Å². The first-order chi connectivity index (χ1) is 20.3. The normalized spacial score (nSPS) is 12.1. The molecule has 0 N–H and O–H groups in total. The fraction of sp³-hybridized carbons (Fsp3) is 0.946.